The number of carbonyl (C=O) groups excluding carboxylic acids is 2. The molecule has 0 bridgehead atoms. The monoisotopic (exact) mass is 372 g/mol. The Labute approximate surface area is 138 Å². The summed E-state index contributed by atoms with van der Waals surface area (Å²) in [6.07, 6.45) is 1.27. The van der Waals surface area contributed by atoms with Crippen LogP contribution in [0.1, 0.15) is 26.7 Å². The minimum Gasteiger partial charge on any atom is -0.354 e. The minimum atomic E-state index is -0.488. The molecule has 0 aromatic heterocycles. The number of halogens is 1. The zero-order valence-electron chi connectivity index (χ0n) is 12.3. The molecule has 1 aromatic rings. The molecular formula is C15H21BrN2O2S. The predicted octanol–water partition coefficient (Wildman–Crippen LogP) is 2.96. The van der Waals surface area contributed by atoms with Crippen LogP contribution in [0.3, 0.4) is 0 Å². The van der Waals surface area contributed by atoms with Crippen molar-refractivity contribution in [1.29, 1.82) is 0 Å². The lowest BCUT2D eigenvalue weighted by atomic mass is 10.3. The summed E-state index contributed by atoms with van der Waals surface area (Å²) >= 11 is 5.09. The van der Waals surface area contributed by atoms with Gasteiger partial charge in [0.2, 0.25) is 11.8 Å². The van der Waals surface area contributed by atoms with E-state index in [1.54, 1.807) is 18.7 Å². The topological polar surface area (TPSA) is 58.2 Å². The first-order valence-corrected chi connectivity index (χ1v) is 8.76. The van der Waals surface area contributed by atoms with Crippen molar-refractivity contribution >= 4 is 39.5 Å². The Hall–Kier alpha value is -1.01. The third-order valence-electron chi connectivity index (χ3n) is 2.74. The molecule has 0 unspecified atom stereocenters. The molecule has 6 heteroatoms. The number of thioether (sulfide) groups is 1. The highest BCUT2D eigenvalue weighted by Gasteiger charge is 2.14. The maximum Gasteiger partial charge on any atom is 0.242 e. The van der Waals surface area contributed by atoms with Gasteiger partial charge >= 0.3 is 0 Å². The van der Waals surface area contributed by atoms with Crippen molar-refractivity contribution in [1.82, 2.24) is 10.6 Å². The molecule has 0 saturated carbocycles. The first-order chi connectivity index (χ1) is 10.0. The van der Waals surface area contributed by atoms with Crippen LogP contribution in [0.2, 0.25) is 0 Å². The molecule has 0 aliphatic rings. The van der Waals surface area contributed by atoms with Crippen molar-refractivity contribution in [3.8, 4) is 0 Å². The second-order valence-corrected chi connectivity index (χ2v) is 6.60. The Morgan fingerprint density at radius 1 is 1.33 bits per heavy atom. The first-order valence-electron chi connectivity index (χ1n) is 6.99. The maximum atomic E-state index is 11.8. The second-order valence-electron chi connectivity index (χ2n) is 4.61. The van der Waals surface area contributed by atoms with Gasteiger partial charge in [0.15, 0.2) is 0 Å². The molecule has 4 nitrogen and oxygen atoms in total. The number of rotatable bonds is 8. The fourth-order valence-electron chi connectivity index (χ4n) is 1.60. The lowest BCUT2D eigenvalue weighted by Crippen LogP contribution is -2.45. The second kappa shape index (κ2) is 9.84. The Morgan fingerprint density at radius 2 is 2.05 bits per heavy atom. The van der Waals surface area contributed by atoms with Crippen molar-refractivity contribution in [2.75, 3.05) is 12.3 Å². The number of hydrogen-bond acceptors (Lipinski definition) is 3. The summed E-state index contributed by atoms with van der Waals surface area (Å²) in [4.78, 5) is 24.5. The minimum absolute atomic E-state index is 0.103. The van der Waals surface area contributed by atoms with Crippen LogP contribution in [0, 0.1) is 0 Å². The summed E-state index contributed by atoms with van der Waals surface area (Å²) < 4.78 is 1.03. The summed E-state index contributed by atoms with van der Waals surface area (Å²) in [5, 5.41) is 5.48. The van der Waals surface area contributed by atoms with Crippen molar-refractivity contribution in [2.24, 2.45) is 0 Å². The van der Waals surface area contributed by atoms with Gasteiger partial charge in [-0.25, -0.2) is 0 Å². The standard InChI is InChI=1S/C15H21BrN2O2S/c1-3-9-17-15(20)11(2)18-14(19)8-10-21-13-7-5-4-6-12(13)16/h4-7,11H,3,8-10H2,1-2H3,(H,17,20)(H,18,19)/t11-/m1/s1. The largest absolute Gasteiger partial charge is 0.354 e. The van der Waals surface area contributed by atoms with Gasteiger partial charge < -0.3 is 10.6 Å². The molecule has 1 aromatic carbocycles. The van der Waals surface area contributed by atoms with E-state index < -0.39 is 6.04 Å². The Bertz CT molecular complexity index is 482. The fourth-order valence-corrected chi connectivity index (χ4v) is 3.11. The van der Waals surface area contributed by atoms with E-state index in [1.165, 1.54) is 0 Å². The van der Waals surface area contributed by atoms with Gasteiger partial charge in [0, 0.05) is 28.1 Å². The normalized spacial score (nSPS) is 11.8. The summed E-state index contributed by atoms with van der Waals surface area (Å²) in [7, 11) is 0. The summed E-state index contributed by atoms with van der Waals surface area (Å²) in [6.45, 7) is 4.32. The molecule has 1 atom stereocenters. The van der Waals surface area contributed by atoms with Gasteiger partial charge in [0.25, 0.3) is 0 Å². The molecule has 0 aliphatic heterocycles. The lowest BCUT2D eigenvalue weighted by molar-refractivity contribution is -0.128. The van der Waals surface area contributed by atoms with Gasteiger partial charge in [-0.3, -0.25) is 9.59 Å². The van der Waals surface area contributed by atoms with Gasteiger partial charge in [0.1, 0.15) is 6.04 Å². The van der Waals surface area contributed by atoms with Crippen molar-refractivity contribution < 1.29 is 9.59 Å². The van der Waals surface area contributed by atoms with Gasteiger partial charge in [-0.05, 0) is 41.4 Å². The smallest absolute Gasteiger partial charge is 0.242 e. The fraction of sp³-hybridized carbons (Fsp3) is 0.467. The van der Waals surface area contributed by atoms with E-state index in [0.29, 0.717) is 18.7 Å². The van der Waals surface area contributed by atoms with Crippen LogP contribution in [0.15, 0.2) is 33.6 Å². The molecule has 0 spiro atoms. The van der Waals surface area contributed by atoms with E-state index in [0.717, 1.165) is 15.8 Å². The molecule has 116 valence electrons. The van der Waals surface area contributed by atoms with E-state index in [-0.39, 0.29) is 11.8 Å². The van der Waals surface area contributed by atoms with Crippen molar-refractivity contribution in [3.63, 3.8) is 0 Å². The number of hydrogen-bond donors (Lipinski definition) is 2. The van der Waals surface area contributed by atoms with Gasteiger partial charge in [-0.15, -0.1) is 11.8 Å². The van der Waals surface area contributed by atoms with Crippen LogP contribution in [0.25, 0.3) is 0 Å². The van der Waals surface area contributed by atoms with Gasteiger partial charge in [-0.2, -0.15) is 0 Å². The summed E-state index contributed by atoms with van der Waals surface area (Å²) in [6, 6.07) is 7.42. The third-order valence-corrected chi connectivity index (χ3v) is 4.77. The average molecular weight is 373 g/mol. The number of nitrogens with one attached hydrogen (secondary N) is 2. The Balaban J connectivity index is 2.28. The molecular weight excluding hydrogens is 352 g/mol. The molecule has 2 N–H and O–H groups in total. The molecule has 2 amide bonds. The molecule has 21 heavy (non-hydrogen) atoms. The zero-order chi connectivity index (χ0) is 15.7. The number of amides is 2. The van der Waals surface area contributed by atoms with Crippen LogP contribution < -0.4 is 10.6 Å². The van der Waals surface area contributed by atoms with Gasteiger partial charge in [-0.1, -0.05) is 19.1 Å². The average Bonchev–Trinajstić information content (AvgIpc) is 2.46. The van der Waals surface area contributed by atoms with Crippen molar-refractivity contribution in [2.45, 2.75) is 37.6 Å². The van der Waals surface area contributed by atoms with E-state index in [2.05, 4.69) is 26.6 Å². The van der Waals surface area contributed by atoms with Crippen LogP contribution in [-0.2, 0) is 9.59 Å². The molecule has 1 rings (SSSR count). The quantitative estimate of drug-likeness (QED) is 0.689. The predicted molar refractivity (Wildman–Crippen MR) is 90.4 cm³/mol. The van der Waals surface area contributed by atoms with E-state index in [9.17, 15) is 9.59 Å². The van der Waals surface area contributed by atoms with Crippen LogP contribution >= 0.6 is 27.7 Å². The zero-order valence-corrected chi connectivity index (χ0v) is 14.7. The number of benzene rings is 1. The van der Waals surface area contributed by atoms with Gasteiger partial charge in [0.05, 0.1) is 0 Å². The lowest BCUT2D eigenvalue weighted by Gasteiger charge is -2.13. The van der Waals surface area contributed by atoms with E-state index >= 15 is 0 Å². The SMILES string of the molecule is CCCNC(=O)[C@@H](C)NC(=O)CCSc1ccccc1Br. The Kier molecular flexibility index (Phi) is 8.45. The molecule has 0 aliphatic carbocycles. The highest BCUT2D eigenvalue weighted by Crippen LogP contribution is 2.27. The van der Waals surface area contributed by atoms with Crippen molar-refractivity contribution in [3.05, 3.63) is 28.7 Å². The molecule has 0 fully saturated rings. The van der Waals surface area contributed by atoms with E-state index in [4.69, 9.17) is 0 Å². The molecule has 0 radical (unpaired) electrons. The van der Waals surface area contributed by atoms with Crippen LogP contribution in [-0.4, -0.2) is 30.2 Å². The highest BCUT2D eigenvalue weighted by molar-refractivity contribution is 9.10. The Morgan fingerprint density at radius 3 is 2.71 bits per heavy atom. The van der Waals surface area contributed by atoms with Crippen LogP contribution in [0.5, 0.6) is 0 Å². The first kappa shape index (κ1) is 18.0. The van der Waals surface area contributed by atoms with E-state index in [1.807, 2.05) is 31.2 Å². The molecule has 0 heterocycles. The maximum absolute atomic E-state index is 11.8. The highest BCUT2D eigenvalue weighted by atomic mass is 79.9. The van der Waals surface area contributed by atoms with Crippen LogP contribution in [0.4, 0.5) is 0 Å². The molecule has 0 saturated heterocycles. The number of carbonyl (C=O) groups is 2. The summed E-state index contributed by atoms with van der Waals surface area (Å²) in [5.41, 5.74) is 0. The third kappa shape index (κ3) is 7.00. The summed E-state index contributed by atoms with van der Waals surface area (Å²) in [5.74, 6) is 0.440.